The number of amides is 2. The molecule has 0 bridgehead atoms. The molecule has 120 valence electrons. The van der Waals surface area contributed by atoms with Gasteiger partial charge in [-0.05, 0) is 32.0 Å². The summed E-state index contributed by atoms with van der Waals surface area (Å²) in [5, 5.41) is 6.06. The van der Waals surface area contributed by atoms with Gasteiger partial charge in [-0.15, -0.1) is 24.2 Å². The number of thioether (sulfide) groups is 1. The summed E-state index contributed by atoms with van der Waals surface area (Å²) >= 11 is 1.53. The largest absolute Gasteiger partial charge is 0.333 e. The van der Waals surface area contributed by atoms with E-state index in [1.807, 2.05) is 30.9 Å². The average Bonchev–Trinajstić information content (AvgIpc) is 2.48. The quantitative estimate of drug-likeness (QED) is 0.820. The van der Waals surface area contributed by atoms with Crippen molar-refractivity contribution in [3.63, 3.8) is 0 Å². The zero-order valence-corrected chi connectivity index (χ0v) is 14.2. The van der Waals surface area contributed by atoms with E-state index < -0.39 is 0 Å². The third kappa shape index (κ3) is 3.24. The molecular formula is C15H20ClN3O2S. The Morgan fingerprint density at radius 2 is 2.14 bits per heavy atom. The minimum Gasteiger partial charge on any atom is -0.333 e. The molecule has 0 saturated carbocycles. The highest BCUT2D eigenvalue weighted by atomic mass is 35.5. The fraction of sp³-hybridized carbons (Fsp3) is 0.467. The van der Waals surface area contributed by atoms with E-state index >= 15 is 0 Å². The number of nitrogens with zero attached hydrogens (tertiary/aromatic N) is 1. The molecule has 0 spiro atoms. The van der Waals surface area contributed by atoms with Crippen molar-refractivity contribution < 1.29 is 9.59 Å². The molecule has 1 aromatic rings. The van der Waals surface area contributed by atoms with Gasteiger partial charge in [-0.3, -0.25) is 9.59 Å². The molecule has 0 aliphatic carbocycles. The van der Waals surface area contributed by atoms with Gasteiger partial charge in [-0.2, -0.15) is 0 Å². The number of carbonyl (C=O) groups excluding carboxylic acids is 2. The van der Waals surface area contributed by atoms with Crippen LogP contribution >= 0.6 is 24.2 Å². The van der Waals surface area contributed by atoms with Crippen LogP contribution in [0.1, 0.15) is 24.2 Å². The van der Waals surface area contributed by atoms with Crippen LogP contribution in [-0.2, 0) is 4.79 Å². The number of halogens is 1. The first-order chi connectivity index (χ1) is 10.1. The monoisotopic (exact) mass is 341 g/mol. The van der Waals surface area contributed by atoms with E-state index in [2.05, 4.69) is 10.6 Å². The van der Waals surface area contributed by atoms with E-state index in [0.717, 1.165) is 30.2 Å². The van der Waals surface area contributed by atoms with Crippen LogP contribution in [0.25, 0.3) is 0 Å². The molecule has 0 radical (unpaired) electrons. The third-order valence-electron chi connectivity index (χ3n) is 3.92. The van der Waals surface area contributed by atoms with Crippen molar-refractivity contribution in [2.75, 3.05) is 25.0 Å². The Balaban J connectivity index is 0.00000176. The van der Waals surface area contributed by atoms with Crippen LogP contribution in [0.15, 0.2) is 23.1 Å². The first kappa shape index (κ1) is 17.1. The highest BCUT2D eigenvalue weighted by Crippen LogP contribution is 2.36. The van der Waals surface area contributed by atoms with Gasteiger partial charge in [-0.1, -0.05) is 0 Å². The molecule has 1 saturated heterocycles. The van der Waals surface area contributed by atoms with Gasteiger partial charge >= 0.3 is 0 Å². The van der Waals surface area contributed by atoms with Crippen LogP contribution in [-0.4, -0.2) is 47.6 Å². The molecule has 2 heterocycles. The molecule has 2 aliphatic heterocycles. The molecule has 0 aromatic heterocycles. The van der Waals surface area contributed by atoms with Crippen molar-refractivity contribution in [3.05, 3.63) is 23.8 Å². The summed E-state index contributed by atoms with van der Waals surface area (Å²) in [6, 6.07) is 5.76. The minimum atomic E-state index is -0.0905. The SMILES string of the molecule is CC1Sc2ccc(C(=O)N3CCNCC3C)cc2NC1=O.Cl. The van der Waals surface area contributed by atoms with Crippen molar-refractivity contribution in [2.45, 2.75) is 30.0 Å². The van der Waals surface area contributed by atoms with Crippen LogP contribution in [0, 0.1) is 0 Å². The highest BCUT2D eigenvalue weighted by Gasteiger charge is 2.27. The maximum atomic E-state index is 12.6. The van der Waals surface area contributed by atoms with E-state index in [1.54, 1.807) is 6.07 Å². The second kappa shape index (κ2) is 6.89. The predicted octanol–water partition coefficient (Wildman–Crippen LogP) is 1.97. The summed E-state index contributed by atoms with van der Waals surface area (Å²) in [6.45, 7) is 6.29. The molecule has 2 unspecified atom stereocenters. The number of piperazine rings is 1. The first-order valence-electron chi connectivity index (χ1n) is 7.19. The van der Waals surface area contributed by atoms with E-state index in [1.165, 1.54) is 11.8 Å². The summed E-state index contributed by atoms with van der Waals surface area (Å²) in [4.78, 5) is 27.3. The van der Waals surface area contributed by atoms with Gasteiger partial charge in [-0.25, -0.2) is 0 Å². The van der Waals surface area contributed by atoms with Gasteiger partial charge in [0, 0.05) is 36.1 Å². The molecule has 2 amide bonds. The van der Waals surface area contributed by atoms with E-state index in [-0.39, 0.29) is 35.5 Å². The average molecular weight is 342 g/mol. The fourth-order valence-electron chi connectivity index (χ4n) is 2.65. The molecular weight excluding hydrogens is 322 g/mol. The van der Waals surface area contributed by atoms with Crippen LogP contribution in [0.3, 0.4) is 0 Å². The van der Waals surface area contributed by atoms with Gasteiger partial charge in [0.05, 0.1) is 10.9 Å². The summed E-state index contributed by atoms with van der Waals surface area (Å²) in [6.07, 6.45) is 0. The zero-order chi connectivity index (χ0) is 15.0. The topological polar surface area (TPSA) is 61.4 Å². The van der Waals surface area contributed by atoms with Crippen LogP contribution in [0.4, 0.5) is 5.69 Å². The number of fused-ring (bicyclic) bond motifs is 1. The maximum Gasteiger partial charge on any atom is 0.254 e. The van der Waals surface area contributed by atoms with Crippen molar-refractivity contribution in [3.8, 4) is 0 Å². The van der Waals surface area contributed by atoms with Crippen LogP contribution in [0.2, 0.25) is 0 Å². The maximum absolute atomic E-state index is 12.6. The first-order valence-corrected chi connectivity index (χ1v) is 8.07. The summed E-state index contributed by atoms with van der Waals surface area (Å²) in [7, 11) is 0. The standard InChI is InChI=1S/C15H19N3O2S.ClH/c1-9-8-16-5-6-18(9)15(20)11-3-4-13-12(7-11)17-14(19)10(2)21-13;/h3-4,7,9-10,16H,5-6,8H2,1-2H3,(H,17,19);1H. The number of nitrogens with one attached hydrogen (secondary N) is 2. The van der Waals surface area contributed by atoms with Crippen molar-refractivity contribution >= 4 is 41.7 Å². The molecule has 1 aromatic carbocycles. The lowest BCUT2D eigenvalue weighted by atomic mass is 10.1. The van der Waals surface area contributed by atoms with Gasteiger partial charge in [0.1, 0.15) is 0 Å². The number of anilines is 1. The normalized spacial score (nSPS) is 24.1. The lowest BCUT2D eigenvalue weighted by Crippen LogP contribution is -2.52. The van der Waals surface area contributed by atoms with Crippen molar-refractivity contribution in [1.29, 1.82) is 0 Å². The Morgan fingerprint density at radius 3 is 2.86 bits per heavy atom. The fourth-order valence-corrected chi connectivity index (χ4v) is 3.58. The van der Waals surface area contributed by atoms with Crippen LogP contribution in [0.5, 0.6) is 0 Å². The Kier molecular flexibility index (Phi) is 5.36. The van der Waals surface area contributed by atoms with Crippen molar-refractivity contribution in [1.82, 2.24) is 10.2 Å². The van der Waals surface area contributed by atoms with Crippen molar-refractivity contribution in [2.24, 2.45) is 0 Å². The molecule has 2 N–H and O–H groups in total. The van der Waals surface area contributed by atoms with Gasteiger partial charge in [0.25, 0.3) is 5.91 Å². The zero-order valence-electron chi connectivity index (χ0n) is 12.6. The van der Waals surface area contributed by atoms with Crippen LogP contribution < -0.4 is 10.6 Å². The van der Waals surface area contributed by atoms with Gasteiger partial charge in [0.15, 0.2) is 0 Å². The lowest BCUT2D eigenvalue weighted by molar-refractivity contribution is -0.115. The molecule has 1 fully saturated rings. The molecule has 2 atom stereocenters. The predicted molar refractivity (Wildman–Crippen MR) is 91.0 cm³/mol. The number of hydrogen-bond donors (Lipinski definition) is 2. The Labute approximate surface area is 140 Å². The number of rotatable bonds is 1. The molecule has 3 rings (SSSR count). The van der Waals surface area contributed by atoms with E-state index in [4.69, 9.17) is 0 Å². The summed E-state index contributed by atoms with van der Waals surface area (Å²) in [5.74, 6) is 0.0253. The highest BCUT2D eigenvalue weighted by molar-refractivity contribution is 8.00. The molecule has 7 heteroatoms. The van der Waals surface area contributed by atoms with Gasteiger partial charge in [0.2, 0.25) is 5.91 Å². The number of benzene rings is 1. The second-order valence-electron chi connectivity index (χ2n) is 5.51. The Hall–Kier alpha value is -1.24. The minimum absolute atomic E-state index is 0. The Morgan fingerprint density at radius 1 is 1.36 bits per heavy atom. The van der Waals surface area contributed by atoms with E-state index in [9.17, 15) is 9.59 Å². The molecule has 2 aliphatic rings. The molecule has 22 heavy (non-hydrogen) atoms. The summed E-state index contributed by atoms with van der Waals surface area (Å²) in [5.41, 5.74) is 1.38. The third-order valence-corrected chi connectivity index (χ3v) is 5.10. The second-order valence-corrected chi connectivity index (χ2v) is 6.89. The lowest BCUT2D eigenvalue weighted by Gasteiger charge is -2.34. The summed E-state index contributed by atoms with van der Waals surface area (Å²) < 4.78 is 0. The Bertz CT molecular complexity index is 596. The smallest absolute Gasteiger partial charge is 0.254 e. The molecule has 5 nitrogen and oxygen atoms in total. The van der Waals surface area contributed by atoms with E-state index in [0.29, 0.717) is 5.56 Å². The number of carbonyl (C=O) groups is 2. The van der Waals surface area contributed by atoms with Gasteiger partial charge < -0.3 is 15.5 Å². The number of hydrogen-bond acceptors (Lipinski definition) is 4.